The summed E-state index contributed by atoms with van der Waals surface area (Å²) in [6.45, 7) is 2.05. The third-order valence-corrected chi connectivity index (χ3v) is 3.94. The summed E-state index contributed by atoms with van der Waals surface area (Å²) >= 11 is 0. The number of aryl methyl sites for hydroxylation is 1. The van der Waals surface area contributed by atoms with Crippen LogP contribution in [-0.4, -0.2) is 20.3 Å². The Hall–Kier alpha value is -3.47. The molecule has 0 bridgehead atoms. The molecule has 4 aromatic rings. The van der Waals surface area contributed by atoms with Crippen LogP contribution in [0, 0.1) is 6.92 Å². The average molecular weight is 328 g/mol. The second-order valence-corrected chi connectivity index (χ2v) is 5.87. The van der Waals surface area contributed by atoms with Crippen molar-refractivity contribution in [3.05, 3.63) is 84.4 Å². The summed E-state index contributed by atoms with van der Waals surface area (Å²) in [5.41, 5.74) is 5.13. The fourth-order valence-corrected chi connectivity index (χ4v) is 2.70. The summed E-state index contributed by atoms with van der Waals surface area (Å²) < 4.78 is 2.01. The van der Waals surface area contributed by atoms with E-state index in [4.69, 9.17) is 0 Å². The molecular weight excluding hydrogens is 312 g/mol. The predicted molar refractivity (Wildman–Crippen MR) is 97.6 cm³/mol. The molecule has 0 aliphatic carbocycles. The Morgan fingerprint density at radius 1 is 1.08 bits per heavy atom. The first-order valence-corrected chi connectivity index (χ1v) is 7.96. The lowest BCUT2D eigenvalue weighted by Crippen LogP contribution is -2.11. The summed E-state index contributed by atoms with van der Waals surface area (Å²) in [7, 11) is 0. The van der Waals surface area contributed by atoms with Gasteiger partial charge in [-0.2, -0.15) is 0 Å². The van der Waals surface area contributed by atoms with Crippen LogP contribution in [0.15, 0.2) is 73.3 Å². The maximum Gasteiger partial charge on any atom is 0.257 e. The summed E-state index contributed by atoms with van der Waals surface area (Å²) in [6, 6.07) is 15.2. The van der Waals surface area contributed by atoms with Crippen molar-refractivity contribution >= 4 is 17.2 Å². The standard InChI is InChI=1S/C20H16N4O/c1-14-7-8-19-23-18(13-24(19)12-14)15-4-2-6-17(10-15)22-20(25)16-5-3-9-21-11-16/h2-13H,1H3,(H,22,25). The highest BCUT2D eigenvalue weighted by Gasteiger charge is 2.08. The number of amides is 1. The number of nitrogens with zero attached hydrogens (tertiary/aromatic N) is 3. The van der Waals surface area contributed by atoms with Crippen LogP contribution in [0.3, 0.4) is 0 Å². The molecule has 122 valence electrons. The Morgan fingerprint density at radius 3 is 2.84 bits per heavy atom. The molecule has 0 aliphatic rings. The smallest absolute Gasteiger partial charge is 0.257 e. The zero-order chi connectivity index (χ0) is 17.2. The van der Waals surface area contributed by atoms with E-state index >= 15 is 0 Å². The molecule has 1 amide bonds. The number of hydrogen-bond donors (Lipinski definition) is 1. The van der Waals surface area contributed by atoms with Crippen molar-refractivity contribution in [2.75, 3.05) is 5.32 Å². The molecule has 0 saturated heterocycles. The number of carbonyl (C=O) groups is 1. The molecule has 3 heterocycles. The Bertz CT molecular complexity index is 1050. The Balaban J connectivity index is 1.63. The van der Waals surface area contributed by atoms with Crippen LogP contribution in [0.2, 0.25) is 0 Å². The number of hydrogen-bond acceptors (Lipinski definition) is 3. The van der Waals surface area contributed by atoms with E-state index in [0.29, 0.717) is 5.56 Å². The SMILES string of the molecule is Cc1ccc2nc(-c3cccc(NC(=O)c4cccnc4)c3)cn2c1. The van der Waals surface area contributed by atoms with E-state index in [0.717, 1.165) is 22.6 Å². The van der Waals surface area contributed by atoms with Crippen molar-refractivity contribution in [1.82, 2.24) is 14.4 Å². The van der Waals surface area contributed by atoms with Gasteiger partial charge in [0.15, 0.2) is 0 Å². The quantitative estimate of drug-likeness (QED) is 0.619. The molecule has 5 heteroatoms. The van der Waals surface area contributed by atoms with Crippen molar-refractivity contribution in [3.63, 3.8) is 0 Å². The van der Waals surface area contributed by atoms with E-state index in [2.05, 4.69) is 15.3 Å². The number of fused-ring (bicyclic) bond motifs is 1. The third kappa shape index (κ3) is 3.12. The average Bonchev–Trinajstić information content (AvgIpc) is 3.06. The van der Waals surface area contributed by atoms with Gasteiger partial charge < -0.3 is 9.72 Å². The molecule has 0 unspecified atom stereocenters. The molecule has 5 nitrogen and oxygen atoms in total. The van der Waals surface area contributed by atoms with Crippen LogP contribution in [0.5, 0.6) is 0 Å². The highest BCUT2D eigenvalue weighted by Crippen LogP contribution is 2.23. The second kappa shape index (κ2) is 6.20. The maximum absolute atomic E-state index is 12.3. The van der Waals surface area contributed by atoms with Gasteiger partial charge >= 0.3 is 0 Å². The van der Waals surface area contributed by atoms with Crippen LogP contribution >= 0.6 is 0 Å². The van der Waals surface area contributed by atoms with Crippen molar-refractivity contribution in [3.8, 4) is 11.3 Å². The number of imidazole rings is 1. The van der Waals surface area contributed by atoms with E-state index in [1.54, 1.807) is 24.5 Å². The first kappa shape index (κ1) is 15.1. The monoisotopic (exact) mass is 328 g/mol. The van der Waals surface area contributed by atoms with Crippen LogP contribution in [0.25, 0.3) is 16.9 Å². The number of anilines is 1. The third-order valence-electron chi connectivity index (χ3n) is 3.94. The normalized spacial score (nSPS) is 10.8. The first-order chi connectivity index (χ1) is 12.2. The highest BCUT2D eigenvalue weighted by atomic mass is 16.1. The van der Waals surface area contributed by atoms with Gasteiger partial charge in [-0.1, -0.05) is 18.2 Å². The van der Waals surface area contributed by atoms with Crippen LogP contribution in [0.4, 0.5) is 5.69 Å². The van der Waals surface area contributed by atoms with Gasteiger partial charge in [-0.05, 0) is 42.8 Å². The number of carbonyl (C=O) groups excluding carboxylic acids is 1. The fourth-order valence-electron chi connectivity index (χ4n) is 2.70. The van der Waals surface area contributed by atoms with Crippen molar-refractivity contribution in [2.24, 2.45) is 0 Å². The molecule has 0 aliphatic heterocycles. The number of benzene rings is 1. The molecule has 0 saturated carbocycles. The van der Waals surface area contributed by atoms with Gasteiger partial charge in [-0.15, -0.1) is 0 Å². The van der Waals surface area contributed by atoms with Gasteiger partial charge in [0.25, 0.3) is 5.91 Å². The van der Waals surface area contributed by atoms with Gasteiger partial charge in [0.05, 0.1) is 11.3 Å². The van der Waals surface area contributed by atoms with E-state index in [9.17, 15) is 4.79 Å². The summed E-state index contributed by atoms with van der Waals surface area (Å²) in [5.74, 6) is -0.184. The van der Waals surface area contributed by atoms with E-state index in [1.165, 1.54) is 5.56 Å². The molecule has 1 N–H and O–H groups in total. The molecule has 25 heavy (non-hydrogen) atoms. The Morgan fingerprint density at radius 2 is 2.00 bits per heavy atom. The van der Waals surface area contributed by atoms with Gasteiger partial charge in [-0.3, -0.25) is 9.78 Å². The van der Waals surface area contributed by atoms with E-state index < -0.39 is 0 Å². The lowest BCUT2D eigenvalue weighted by Gasteiger charge is -2.06. The van der Waals surface area contributed by atoms with Gasteiger partial charge in [0, 0.05) is 36.0 Å². The van der Waals surface area contributed by atoms with Crippen LogP contribution in [-0.2, 0) is 0 Å². The minimum atomic E-state index is -0.184. The molecule has 4 rings (SSSR count). The summed E-state index contributed by atoms with van der Waals surface area (Å²) in [6.07, 6.45) is 7.22. The largest absolute Gasteiger partial charge is 0.322 e. The number of pyridine rings is 2. The van der Waals surface area contributed by atoms with E-state index in [-0.39, 0.29) is 5.91 Å². The summed E-state index contributed by atoms with van der Waals surface area (Å²) in [5, 5.41) is 2.90. The van der Waals surface area contributed by atoms with Crippen LogP contribution in [0.1, 0.15) is 15.9 Å². The topological polar surface area (TPSA) is 59.3 Å². The zero-order valence-corrected chi connectivity index (χ0v) is 13.7. The Kier molecular flexibility index (Phi) is 3.74. The lowest BCUT2D eigenvalue weighted by atomic mass is 10.1. The number of rotatable bonds is 3. The number of aromatic nitrogens is 3. The second-order valence-electron chi connectivity index (χ2n) is 5.87. The van der Waals surface area contributed by atoms with Gasteiger partial charge in [-0.25, -0.2) is 4.98 Å². The lowest BCUT2D eigenvalue weighted by molar-refractivity contribution is 0.102. The maximum atomic E-state index is 12.3. The van der Waals surface area contributed by atoms with E-state index in [1.807, 2.05) is 60.1 Å². The zero-order valence-electron chi connectivity index (χ0n) is 13.7. The fraction of sp³-hybridized carbons (Fsp3) is 0.0500. The van der Waals surface area contributed by atoms with Crippen molar-refractivity contribution in [1.29, 1.82) is 0 Å². The summed E-state index contributed by atoms with van der Waals surface area (Å²) in [4.78, 5) is 20.9. The number of nitrogens with one attached hydrogen (secondary N) is 1. The molecule has 3 aromatic heterocycles. The molecule has 0 radical (unpaired) electrons. The molecule has 0 fully saturated rings. The van der Waals surface area contributed by atoms with Crippen LogP contribution < -0.4 is 5.32 Å². The van der Waals surface area contributed by atoms with Gasteiger partial charge in [0.1, 0.15) is 5.65 Å². The molecular formula is C20H16N4O. The Labute approximate surface area is 145 Å². The molecule has 0 spiro atoms. The highest BCUT2D eigenvalue weighted by molar-refractivity contribution is 6.04. The minimum absolute atomic E-state index is 0.184. The minimum Gasteiger partial charge on any atom is -0.322 e. The van der Waals surface area contributed by atoms with Crippen molar-refractivity contribution < 1.29 is 4.79 Å². The molecule has 0 atom stereocenters. The van der Waals surface area contributed by atoms with Crippen molar-refractivity contribution in [2.45, 2.75) is 6.92 Å². The molecule has 1 aromatic carbocycles. The van der Waals surface area contributed by atoms with Gasteiger partial charge in [0.2, 0.25) is 0 Å². The predicted octanol–water partition coefficient (Wildman–Crippen LogP) is 3.96. The first-order valence-electron chi connectivity index (χ1n) is 7.96.